The van der Waals surface area contributed by atoms with Crippen molar-refractivity contribution < 1.29 is 22.4 Å². The summed E-state index contributed by atoms with van der Waals surface area (Å²) in [6, 6.07) is 3.95. The Balaban J connectivity index is 1.94. The average Bonchev–Trinajstić information content (AvgIpc) is 2.84. The van der Waals surface area contributed by atoms with E-state index in [9.17, 15) is 22.8 Å². The second-order valence-electron chi connectivity index (χ2n) is 4.97. The Kier molecular flexibility index (Phi) is 3.63. The van der Waals surface area contributed by atoms with Crippen LogP contribution >= 0.6 is 0 Å². The van der Waals surface area contributed by atoms with Crippen LogP contribution in [0.5, 0.6) is 0 Å². The molecule has 0 atom stereocenters. The first-order chi connectivity index (χ1) is 11.3. The van der Waals surface area contributed by atoms with E-state index in [0.29, 0.717) is 0 Å². The minimum absolute atomic E-state index is 0.00817. The Labute approximate surface area is 132 Å². The lowest BCUT2D eigenvalue weighted by atomic mass is 10.1. The zero-order valence-electron chi connectivity index (χ0n) is 12.2. The van der Waals surface area contributed by atoms with Crippen LogP contribution in [0.2, 0.25) is 0 Å². The van der Waals surface area contributed by atoms with E-state index in [4.69, 9.17) is 4.42 Å². The summed E-state index contributed by atoms with van der Waals surface area (Å²) in [7, 11) is 0. The fourth-order valence-electron chi connectivity index (χ4n) is 2.26. The van der Waals surface area contributed by atoms with E-state index in [-0.39, 0.29) is 28.1 Å². The van der Waals surface area contributed by atoms with Gasteiger partial charge in [0.1, 0.15) is 11.1 Å². The van der Waals surface area contributed by atoms with E-state index in [1.54, 1.807) is 0 Å². The van der Waals surface area contributed by atoms with E-state index in [0.717, 1.165) is 30.6 Å². The van der Waals surface area contributed by atoms with Crippen LogP contribution < -0.4 is 10.9 Å². The lowest BCUT2D eigenvalue weighted by Crippen LogP contribution is -2.16. The molecule has 2 aromatic heterocycles. The summed E-state index contributed by atoms with van der Waals surface area (Å²) >= 11 is 0. The van der Waals surface area contributed by atoms with E-state index in [1.165, 1.54) is 6.92 Å². The molecule has 0 saturated heterocycles. The molecule has 0 aliphatic rings. The van der Waals surface area contributed by atoms with Gasteiger partial charge in [-0.1, -0.05) is 0 Å². The van der Waals surface area contributed by atoms with Gasteiger partial charge >= 0.3 is 6.18 Å². The molecule has 0 unspecified atom stereocenters. The Morgan fingerprint density at radius 2 is 1.92 bits per heavy atom. The number of carbonyl (C=O) groups excluding carboxylic acids is 1. The summed E-state index contributed by atoms with van der Waals surface area (Å²) in [6.45, 7) is 1.49. The summed E-state index contributed by atoms with van der Waals surface area (Å²) in [4.78, 5) is 30.4. The Morgan fingerprint density at radius 1 is 1.25 bits per heavy atom. The normalized spacial score (nSPS) is 11.7. The lowest BCUT2D eigenvalue weighted by Gasteiger charge is -2.08. The van der Waals surface area contributed by atoms with Crippen LogP contribution in [0.15, 0.2) is 39.8 Å². The maximum atomic E-state index is 12.5. The highest BCUT2D eigenvalue weighted by atomic mass is 19.4. The van der Waals surface area contributed by atoms with Gasteiger partial charge in [-0.2, -0.15) is 13.2 Å². The maximum absolute atomic E-state index is 12.5. The molecule has 3 rings (SSSR count). The fourth-order valence-corrected chi connectivity index (χ4v) is 2.26. The Hall–Kier alpha value is -3.10. The molecule has 2 N–H and O–H groups in total. The smallest absolute Gasteiger partial charge is 0.416 e. The fraction of sp³-hybridized carbons (Fsp3) is 0.133. The molecular formula is C15H10F3N3O3. The molecule has 24 heavy (non-hydrogen) atoms. The number of fused-ring (bicyclic) bond motifs is 1. The van der Waals surface area contributed by atoms with Crippen molar-refractivity contribution >= 4 is 22.7 Å². The quantitative estimate of drug-likeness (QED) is 0.752. The number of furan rings is 1. The molecule has 124 valence electrons. The van der Waals surface area contributed by atoms with Crippen molar-refractivity contribution in [3.63, 3.8) is 0 Å². The van der Waals surface area contributed by atoms with Crippen LogP contribution in [-0.4, -0.2) is 15.9 Å². The SMILES string of the molecule is Cc1oc2nc[nH]c(=O)c2c1C(=O)Nc1ccc(C(F)(F)F)cc1. The standard InChI is InChI=1S/C15H10F3N3O3/c1-7-10(11-12(22)19-6-20-14(11)24-7)13(23)21-9-4-2-8(3-5-9)15(16,17)18/h2-6H,1H3,(H,21,23)(H,19,20,22). The minimum atomic E-state index is -4.46. The number of carbonyl (C=O) groups is 1. The zero-order valence-corrected chi connectivity index (χ0v) is 12.2. The predicted molar refractivity (Wildman–Crippen MR) is 78.8 cm³/mol. The zero-order chi connectivity index (χ0) is 17.5. The van der Waals surface area contributed by atoms with Crippen molar-refractivity contribution in [1.29, 1.82) is 0 Å². The molecule has 1 amide bonds. The molecule has 0 aliphatic carbocycles. The van der Waals surface area contributed by atoms with Gasteiger partial charge in [0.25, 0.3) is 11.5 Å². The summed E-state index contributed by atoms with van der Waals surface area (Å²) in [5, 5.41) is 2.42. The van der Waals surface area contributed by atoms with Crippen molar-refractivity contribution in [2.75, 3.05) is 5.32 Å². The number of hydrogen-bond donors (Lipinski definition) is 2. The minimum Gasteiger partial charge on any atom is -0.442 e. The number of nitrogens with zero attached hydrogens (tertiary/aromatic N) is 1. The summed E-state index contributed by atoms with van der Waals surface area (Å²) in [5.41, 5.74) is -1.23. The first-order valence-electron chi connectivity index (χ1n) is 6.73. The third-order valence-electron chi connectivity index (χ3n) is 3.37. The average molecular weight is 337 g/mol. The molecule has 0 saturated carbocycles. The third kappa shape index (κ3) is 2.75. The molecule has 2 heterocycles. The van der Waals surface area contributed by atoms with Gasteiger partial charge in [0.05, 0.1) is 17.5 Å². The van der Waals surface area contributed by atoms with Crippen LogP contribution in [0.25, 0.3) is 11.1 Å². The molecule has 0 spiro atoms. The largest absolute Gasteiger partial charge is 0.442 e. The first-order valence-corrected chi connectivity index (χ1v) is 6.73. The number of anilines is 1. The molecular weight excluding hydrogens is 327 g/mol. The number of amides is 1. The summed E-state index contributed by atoms with van der Waals surface area (Å²) in [5.74, 6) is -0.497. The monoisotopic (exact) mass is 337 g/mol. The third-order valence-corrected chi connectivity index (χ3v) is 3.37. The molecule has 9 heteroatoms. The van der Waals surface area contributed by atoms with Gasteiger partial charge in [0, 0.05) is 5.69 Å². The molecule has 0 aliphatic heterocycles. The number of nitrogens with one attached hydrogen (secondary N) is 2. The van der Waals surface area contributed by atoms with Gasteiger partial charge in [-0.25, -0.2) is 4.98 Å². The number of aromatic amines is 1. The van der Waals surface area contributed by atoms with Crippen molar-refractivity contribution in [2.24, 2.45) is 0 Å². The molecule has 3 aromatic rings. The second-order valence-corrected chi connectivity index (χ2v) is 4.97. The van der Waals surface area contributed by atoms with Crippen LogP contribution in [0.1, 0.15) is 21.7 Å². The van der Waals surface area contributed by atoms with Gasteiger partial charge in [-0.05, 0) is 31.2 Å². The van der Waals surface area contributed by atoms with Gasteiger partial charge in [0.15, 0.2) is 0 Å². The van der Waals surface area contributed by atoms with Crippen molar-refractivity contribution in [3.8, 4) is 0 Å². The summed E-state index contributed by atoms with van der Waals surface area (Å²) < 4.78 is 42.9. The van der Waals surface area contributed by atoms with E-state index < -0.39 is 23.2 Å². The van der Waals surface area contributed by atoms with Crippen LogP contribution in [0, 0.1) is 6.92 Å². The van der Waals surface area contributed by atoms with E-state index >= 15 is 0 Å². The topological polar surface area (TPSA) is 88.0 Å². The molecule has 6 nitrogen and oxygen atoms in total. The van der Waals surface area contributed by atoms with Crippen molar-refractivity contribution in [1.82, 2.24) is 9.97 Å². The predicted octanol–water partition coefficient (Wildman–Crippen LogP) is 3.10. The van der Waals surface area contributed by atoms with Crippen molar-refractivity contribution in [3.05, 3.63) is 57.8 Å². The highest BCUT2D eigenvalue weighted by Crippen LogP contribution is 2.30. The van der Waals surface area contributed by atoms with Crippen LogP contribution in [-0.2, 0) is 6.18 Å². The number of aryl methyl sites for hydroxylation is 1. The number of benzene rings is 1. The van der Waals surface area contributed by atoms with E-state index in [2.05, 4.69) is 15.3 Å². The summed E-state index contributed by atoms with van der Waals surface area (Å²) in [6.07, 6.45) is -3.32. The maximum Gasteiger partial charge on any atom is 0.416 e. The number of aromatic nitrogens is 2. The number of rotatable bonds is 2. The van der Waals surface area contributed by atoms with Gasteiger partial charge in [-0.3, -0.25) is 9.59 Å². The second kappa shape index (κ2) is 5.52. The highest BCUT2D eigenvalue weighted by Gasteiger charge is 2.30. The van der Waals surface area contributed by atoms with Crippen molar-refractivity contribution in [2.45, 2.75) is 13.1 Å². The van der Waals surface area contributed by atoms with E-state index in [1.807, 2.05) is 0 Å². The van der Waals surface area contributed by atoms with Gasteiger partial charge < -0.3 is 14.7 Å². The van der Waals surface area contributed by atoms with Crippen LogP contribution in [0.3, 0.4) is 0 Å². The molecule has 0 bridgehead atoms. The number of hydrogen-bond acceptors (Lipinski definition) is 4. The number of H-pyrrole nitrogens is 1. The molecule has 0 fully saturated rings. The van der Waals surface area contributed by atoms with Gasteiger partial charge in [-0.15, -0.1) is 0 Å². The van der Waals surface area contributed by atoms with Crippen LogP contribution in [0.4, 0.5) is 18.9 Å². The number of halogens is 3. The Bertz CT molecular complexity index is 972. The molecule has 1 aromatic carbocycles. The lowest BCUT2D eigenvalue weighted by molar-refractivity contribution is -0.137. The highest BCUT2D eigenvalue weighted by molar-refractivity contribution is 6.12. The van der Waals surface area contributed by atoms with Gasteiger partial charge in [0.2, 0.25) is 5.71 Å². The number of alkyl halides is 3. The molecule has 0 radical (unpaired) electrons. The first kappa shape index (κ1) is 15.8. The Morgan fingerprint density at radius 3 is 2.54 bits per heavy atom.